The Kier molecular flexibility index (Phi) is 3.44. The van der Waals surface area contributed by atoms with Crippen LogP contribution in [0.2, 0.25) is 0 Å². The molecule has 1 aliphatic rings. The molecule has 1 N–H and O–H groups in total. The van der Waals surface area contributed by atoms with Gasteiger partial charge in [0.25, 0.3) is 0 Å². The van der Waals surface area contributed by atoms with Gasteiger partial charge in [-0.15, -0.1) is 0 Å². The summed E-state index contributed by atoms with van der Waals surface area (Å²) in [5, 5.41) is 0. The van der Waals surface area contributed by atoms with Gasteiger partial charge in [-0.3, -0.25) is 0 Å². The van der Waals surface area contributed by atoms with Crippen LogP contribution in [-0.4, -0.2) is 4.21 Å². The van der Waals surface area contributed by atoms with Crippen LogP contribution in [0.5, 0.6) is 0 Å². The predicted octanol–water partition coefficient (Wildman–Crippen LogP) is 1.84. The van der Waals surface area contributed by atoms with Crippen molar-refractivity contribution in [2.24, 2.45) is 0 Å². The first-order valence-electron chi connectivity index (χ1n) is 4.11. The van der Waals surface area contributed by atoms with Crippen molar-refractivity contribution in [3.8, 4) is 0 Å². The van der Waals surface area contributed by atoms with E-state index in [2.05, 4.69) is 4.72 Å². The Morgan fingerprint density at radius 1 is 1.33 bits per heavy atom. The van der Waals surface area contributed by atoms with E-state index in [9.17, 15) is 4.21 Å². The summed E-state index contributed by atoms with van der Waals surface area (Å²) in [7, 11) is -0.948. The summed E-state index contributed by atoms with van der Waals surface area (Å²) in [6.45, 7) is 4.74. The molecular formula is C9H13NOS. The molecule has 0 saturated carbocycles. The van der Waals surface area contributed by atoms with Crippen molar-refractivity contribution >= 4 is 11.0 Å². The van der Waals surface area contributed by atoms with Crippen LogP contribution in [0.4, 0.5) is 0 Å². The summed E-state index contributed by atoms with van der Waals surface area (Å²) < 4.78 is 13.9. The van der Waals surface area contributed by atoms with Gasteiger partial charge in [0.1, 0.15) is 11.0 Å². The quantitative estimate of drug-likeness (QED) is 0.653. The second-order valence-electron chi connectivity index (χ2n) is 2.20. The average molecular weight is 183 g/mol. The Morgan fingerprint density at radius 2 is 2.00 bits per heavy atom. The highest BCUT2D eigenvalue weighted by Crippen LogP contribution is 2.17. The third-order valence-electron chi connectivity index (χ3n) is 1.57. The first-order chi connectivity index (χ1) is 5.88. The van der Waals surface area contributed by atoms with Crippen LogP contribution in [0.1, 0.15) is 19.4 Å². The molecule has 0 fully saturated rings. The molecule has 1 aromatic carbocycles. The van der Waals surface area contributed by atoms with Gasteiger partial charge in [0, 0.05) is 6.54 Å². The zero-order valence-electron chi connectivity index (χ0n) is 7.33. The summed E-state index contributed by atoms with van der Waals surface area (Å²) in [6, 6.07) is 7.76. The maximum Gasteiger partial charge on any atom is 0.125 e. The summed E-state index contributed by atoms with van der Waals surface area (Å²) in [4.78, 5) is 0.933. The second-order valence-corrected chi connectivity index (χ2v) is 3.46. The number of rotatable bonds is 0. The summed E-state index contributed by atoms with van der Waals surface area (Å²) in [5.74, 6) is 0. The van der Waals surface area contributed by atoms with Gasteiger partial charge in [0.05, 0.1) is 4.90 Å². The molecule has 66 valence electrons. The van der Waals surface area contributed by atoms with E-state index in [0.29, 0.717) is 0 Å². The lowest BCUT2D eigenvalue weighted by Crippen LogP contribution is -2.05. The molecule has 0 radical (unpaired) electrons. The molecule has 0 aliphatic carbocycles. The van der Waals surface area contributed by atoms with Crippen molar-refractivity contribution in [3.63, 3.8) is 0 Å². The first kappa shape index (κ1) is 9.42. The number of nitrogens with one attached hydrogen (secondary N) is 1. The van der Waals surface area contributed by atoms with Gasteiger partial charge in [0.15, 0.2) is 0 Å². The van der Waals surface area contributed by atoms with E-state index in [1.165, 1.54) is 0 Å². The number of hydrogen-bond donors (Lipinski definition) is 1. The van der Waals surface area contributed by atoms with Crippen LogP contribution in [0.25, 0.3) is 0 Å². The highest BCUT2D eigenvalue weighted by molar-refractivity contribution is 7.83. The minimum absolute atomic E-state index is 0.739. The predicted molar refractivity (Wildman–Crippen MR) is 51.0 cm³/mol. The van der Waals surface area contributed by atoms with Crippen molar-refractivity contribution in [2.45, 2.75) is 25.3 Å². The fourth-order valence-electron chi connectivity index (χ4n) is 1.05. The minimum atomic E-state index is -0.948. The van der Waals surface area contributed by atoms with Crippen LogP contribution in [0.15, 0.2) is 29.2 Å². The number of hydrogen-bond acceptors (Lipinski definition) is 1. The van der Waals surface area contributed by atoms with E-state index in [1.807, 2.05) is 38.1 Å². The molecule has 0 amide bonds. The Labute approximate surface area is 75.6 Å². The molecule has 12 heavy (non-hydrogen) atoms. The highest BCUT2D eigenvalue weighted by atomic mass is 32.2. The number of benzene rings is 1. The van der Waals surface area contributed by atoms with E-state index in [4.69, 9.17) is 0 Å². The maximum atomic E-state index is 11.1. The van der Waals surface area contributed by atoms with Gasteiger partial charge in [-0.05, 0) is 11.6 Å². The lowest BCUT2D eigenvalue weighted by Gasteiger charge is -1.90. The Balaban J connectivity index is 0.000000336. The maximum absolute atomic E-state index is 11.1. The third kappa shape index (κ3) is 1.73. The zero-order chi connectivity index (χ0) is 8.97. The molecule has 0 saturated heterocycles. The van der Waals surface area contributed by atoms with Gasteiger partial charge in [-0.1, -0.05) is 32.0 Å². The third-order valence-corrected chi connectivity index (χ3v) is 2.77. The smallest absolute Gasteiger partial charge is 0.125 e. The topological polar surface area (TPSA) is 29.1 Å². The monoisotopic (exact) mass is 183 g/mol. The van der Waals surface area contributed by atoms with E-state index in [1.54, 1.807) is 0 Å². The molecule has 0 aromatic heterocycles. The van der Waals surface area contributed by atoms with Gasteiger partial charge < -0.3 is 0 Å². The largest absolute Gasteiger partial charge is 0.237 e. The summed E-state index contributed by atoms with van der Waals surface area (Å²) in [6.07, 6.45) is 0. The Morgan fingerprint density at radius 3 is 2.67 bits per heavy atom. The van der Waals surface area contributed by atoms with Crippen molar-refractivity contribution in [1.29, 1.82) is 0 Å². The average Bonchev–Trinajstić information content (AvgIpc) is 2.53. The Bertz CT molecular complexity index is 286. The molecule has 0 bridgehead atoms. The normalized spacial score (nSPS) is 19.3. The van der Waals surface area contributed by atoms with Crippen molar-refractivity contribution < 1.29 is 4.21 Å². The Hall–Kier alpha value is -0.670. The van der Waals surface area contributed by atoms with Crippen molar-refractivity contribution in [2.75, 3.05) is 0 Å². The van der Waals surface area contributed by atoms with Crippen molar-refractivity contribution in [3.05, 3.63) is 29.8 Å². The molecule has 2 nitrogen and oxygen atoms in total. The fourth-order valence-corrected chi connectivity index (χ4v) is 2.07. The van der Waals surface area contributed by atoms with E-state index < -0.39 is 11.0 Å². The fraction of sp³-hybridized carbons (Fsp3) is 0.333. The van der Waals surface area contributed by atoms with Gasteiger partial charge >= 0.3 is 0 Å². The lowest BCUT2D eigenvalue weighted by atomic mass is 10.2. The van der Waals surface area contributed by atoms with E-state index >= 15 is 0 Å². The van der Waals surface area contributed by atoms with Crippen molar-refractivity contribution in [1.82, 2.24) is 4.72 Å². The summed E-state index contributed by atoms with van der Waals surface area (Å²) >= 11 is 0. The molecule has 1 aliphatic heterocycles. The van der Waals surface area contributed by atoms with Crippen LogP contribution >= 0.6 is 0 Å². The molecule has 1 atom stereocenters. The molecular weight excluding hydrogens is 170 g/mol. The zero-order valence-corrected chi connectivity index (χ0v) is 8.15. The van der Waals surface area contributed by atoms with Crippen LogP contribution in [0.3, 0.4) is 0 Å². The molecule has 2 rings (SSSR count). The standard InChI is InChI=1S/C7H7NOS.C2H6/c9-10-7-4-2-1-3-6(7)5-8-10;1-2/h1-4,8H,5H2;1-2H3. The van der Waals surface area contributed by atoms with E-state index in [-0.39, 0.29) is 0 Å². The minimum Gasteiger partial charge on any atom is -0.237 e. The molecule has 1 unspecified atom stereocenters. The van der Waals surface area contributed by atoms with Gasteiger partial charge in [0.2, 0.25) is 0 Å². The van der Waals surface area contributed by atoms with Gasteiger partial charge in [-0.25, -0.2) is 8.93 Å². The lowest BCUT2D eigenvalue weighted by molar-refractivity contribution is 0.678. The first-order valence-corrected chi connectivity index (χ1v) is 5.26. The van der Waals surface area contributed by atoms with Crippen LogP contribution < -0.4 is 4.72 Å². The van der Waals surface area contributed by atoms with Crippen LogP contribution in [0, 0.1) is 0 Å². The molecule has 3 heteroatoms. The van der Waals surface area contributed by atoms with E-state index in [0.717, 1.165) is 17.0 Å². The highest BCUT2D eigenvalue weighted by Gasteiger charge is 2.15. The molecule has 1 aromatic rings. The van der Waals surface area contributed by atoms with Gasteiger partial charge in [-0.2, -0.15) is 0 Å². The molecule has 0 spiro atoms. The SMILES string of the molecule is CC.O=S1NCc2ccccc21. The number of fused-ring (bicyclic) bond motifs is 1. The molecule has 1 heterocycles. The second kappa shape index (κ2) is 4.38. The van der Waals surface area contributed by atoms with Crippen LogP contribution in [-0.2, 0) is 17.5 Å². The summed E-state index contributed by atoms with van der Waals surface area (Å²) in [5.41, 5.74) is 1.15.